The Morgan fingerprint density at radius 3 is 3.04 bits per heavy atom. The summed E-state index contributed by atoms with van der Waals surface area (Å²) in [5.74, 6) is 1.46. The number of aromatic nitrogens is 4. The molecule has 1 saturated heterocycles. The normalized spacial score (nSPS) is 17.0. The highest BCUT2D eigenvalue weighted by atomic mass is 16.5. The molecular formula is C21H26N6O. The van der Waals surface area contributed by atoms with Crippen LogP contribution < -0.4 is 10.1 Å². The minimum absolute atomic E-state index is 0.660. The lowest BCUT2D eigenvalue weighted by atomic mass is 10.1. The average Bonchev–Trinajstić information content (AvgIpc) is 3.38. The lowest BCUT2D eigenvalue weighted by Gasteiger charge is -2.19. The number of ether oxygens (including phenoxy) is 1. The summed E-state index contributed by atoms with van der Waals surface area (Å²) in [7, 11) is 3.86. The molecule has 7 heteroatoms. The maximum atomic E-state index is 5.29. The van der Waals surface area contributed by atoms with Crippen LogP contribution in [0.1, 0.15) is 19.3 Å². The number of likely N-dealkylation sites (tertiary alicyclic amines) is 1. The number of hydrogen-bond donors (Lipinski definition) is 1. The van der Waals surface area contributed by atoms with Gasteiger partial charge in [0.05, 0.1) is 24.7 Å². The monoisotopic (exact) mass is 378 g/mol. The van der Waals surface area contributed by atoms with E-state index in [4.69, 9.17) is 4.74 Å². The van der Waals surface area contributed by atoms with Crippen molar-refractivity contribution in [3.8, 4) is 22.7 Å². The Morgan fingerprint density at radius 1 is 1.29 bits per heavy atom. The summed E-state index contributed by atoms with van der Waals surface area (Å²) in [6, 6.07) is 10.4. The van der Waals surface area contributed by atoms with E-state index in [2.05, 4.69) is 32.3 Å². The third kappa shape index (κ3) is 4.14. The molecule has 1 aliphatic heterocycles. The van der Waals surface area contributed by atoms with Gasteiger partial charge in [-0.2, -0.15) is 5.10 Å². The SMILES string of the molecule is COc1cccc(-n2cc(-c3ccnc(NCCC4CCCN4C)n3)cn2)c1. The van der Waals surface area contributed by atoms with Gasteiger partial charge in [-0.05, 0) is 51.1 Å². The van der Waals surface area contributed by atoms with Gasteiger partial charge in [-0.3, -0.25) is 0 Å². The van der Waals surface area contributed by atoms with Gasteiger partial charge in [0.2, 0.25) is 5.95 Å². The van der Waals surface area contributed by atoms with Crippen molar-refractivity contribution in [2.75, 3.05) is 32.6 Å². The van der Waals surface area contributed by atoms with Gasteiger partial charge in [-0.15, -0.1) is 0 Å². The molecule has 3 aromatic rings. The fourth-order valence-electron chi connectivity index (χ4n) is 3.65. The molecule has 1 aromatic carbocycles. The summed E-state index contributed by atoms with van der Waals surface area (Å²) in [4.78, 5) is 11.4. The predicted molar refractivity (Wildman–Crippen MR) is 110 cm³/mol. The number of nitrogens with one attached hydrogen (secondary N) is 1. The van der Waals surface area contributed by atoms with Crippen LogP contribution in [0, 0.1) is 0 Å². The number of nitrogens with zero attached hydrogens (tertiary/aromatic N) is 5. The molecule has 0 amide bonds. The second-order valence-corrected chi connectivity index (χ2v) is 7.13. The lowest BCUT2D eigenvalue weighted by molar-refractivity contribution is 0.301. The smallest absolute Gasteiger partial charge is 0.223 e. The van der Waals surface area contributed by atoms with Crippen LogP contribution in [0.2, 0.25) is 0 Å². The van der Waals surface area contributed by atoms with E-state index >= 15 is 0 Å². The van der Waals surface area contributed by atoms with Crippen LogP contribution in [-0.4, -0.2) is 57.9 Å². The standard InChI is InChI=1S/C21H26N6O/c1-26-12-4-6-17(26)8-10-22-21-23-11-9-20(25-21)16-14-24-27(15-16)18-5-3-7-19(13-18)28-2/h3,5,7,9,11,13-15,17H,4,6,8,10,12H2,1-2H3,(H,22,23,25). The summed E-state index contributed by atoms with van der Waals surface area (Å²) in [5, 5.41) is 7.83. The molecule has 0 saturated carbocycles. The Kier molecular flexibility index (Phi) is 5.53. The van der Waals surface area contributed by atoms with E-state index in [1.165, 1.54) is 19.4 Å². The molecule has 3 heterocycles. The van der Waals surface area contributed by atoms with E-state index in [9.17, 15) is 0 Å². The van der Waals surface area contributed by atoms with Crippen LogP contribution in [0.3, 0.4) is 0 Å². The van der Waals surface area contributed by atoms with E-state index in [1.54, 1.807) is 13.3 Å². The lowest BCUT2D eigenvalue weighted by Crippen LogP contribution is -2.27. The van der Waals surface area contributed by atoms with Gasteiger partial charge < -0.3 is 15.0 Å². The van der Waals surface area contributed by atoms with Crippen molar-refractivity contribution in [2.24, 2.45) is 0 Å². The van der Waals surface area contributed by atoms with Crippen molar-refractivity contribution in [2.45, 2.75) is 25.3 Å². The summed E-state index contributed by atoms with van der Waals surface area (Å²) in [5.41, 5.74) is 2.74. The molecule has 1 N–H and O–H groups in total. The average molecular weight is 378 g/mol. The van der Waals surface area contributed by atoms with Crippen LogP contribution in [0.5, 0.6) is 5.75 Å². The van der Waals surface area contributed by atoms with Gasteiger partial charge in [0.25, 0.3) is 0 Å². The quantitative estimate of drug-likeness (QED) is 0.681. The number of anilines is 1. The van der Waals surface area contributed by atoms with Gasteiger partial charge in [-0.25, -0.2) is 14.6 Å². The molecule has 28 heavy (non-hydrogen) atoms. The molecule has 2 aromatic heterocycles. The van der Waals surface area contributed by atoms with Crippen molar-refractivity contribution in [1.29, 1.82) is 0 Å². The Hall–Kier alpha value is -2.93. The molecular weight excluding hydrogens is 352 g/mol. The van der Waals surface area contributed by atoms with E-state index in [1.807, 2.05) is 47.4 Å². The zero-order valence-corrected chi connectivity index (χ0v) is 16.4. The fraction of sp³-hybridized carbons (Fsp3) is 0.381. The molecule has 4 rings (SSSR count). The number of methoxy groups -OCH3 is 1. The van der Waals surface area contributed by atoms with Crippen LogP contribution in [-0.2, 0) is 0 Å². The van der Waals surface area contributed by atoms with Crippen LogP contribution in [0.25, 0.3) is 16.9 Å². The van der Waals surface area contributed by atoms with Gasteiger partial charge in [0.15, 0.2) is 0 Å². The summed E-state index contributed by atoms with van der Waals surface area (Å²) in [6.07, 6.45) is 9.26. The third-order valence-electron chi connectivity index (χ3n) is 5.28. The first-order valence-electron chi connectivity index (χ1n) is 9.69. The second kappa shape index (κ2) is 8.39. The van der Waals surface area contributed by atoms with Crippen LogP contribution in [0.15, 0.2) is 48.9 Å². The molecule has 1 atom stereocenters. The zero-order chi connectivity index (χ0) is 19.3. The molecule has 1 unspecified atom stereocenters. The van der Waals surface area contributed by atoms with Gasteiger partial charge >= 0.3 is 0 Å². The van der Waals surface area contributed by atoms with E-state index in [-0.39, 0.29) is 0 Å². The molecule has 0 bridgehead atoms. The van der Waals surface area contributed by atoms with E-state index < -0.39 is 0 Å². The van der Waals surface area contributed by atoms with Gasteiger partial charge in [-0.1, -0.05) is 6.07 Å². The highest BCUT2D eigenvalue weighted by Crippen LogP contribution is 2.21. The van der Waals surface area contributed by atoms with Crippen molar-refractivity contribution in [1.82, 2.24) is 24.6 Å². The van der Waals surface area contributed by atoms with Crippen molar-refractivity contribution >= 4 is 5.95 Å². The summed E-state index contributed by atoms with van der Waals surface area (Å²) >= 11 is 0. The van der Waals surface area contributed by atoms with Crippen LogP contribution in [0.4, 0.5) is 5.95 Å². The first-order valence-corrected chi connectivity index (χ1v) is 9.69. The van der Waals surface area contributed by atoms with Crippen LogP contribution >= 0.6 is 0 Å². The first-order chi connectivity index (χ1) is 13.7. The van der Waals surface area contributed by atoms with Crippen molar-refractivity contribution in [3.63, 3.8) is 0 Å². The molecule has 1 fully saturated rings. The largest absolute Gasteiger partial charge is 0.497 e. The molecule has 0 aliphatic carbocycles. The molecule has 0 spiro atoms. The molecule has 0 radical (unpaired) electrons. The van der Waals surface area contributed by atoms with Gasteiger partial charge in [0, 0.05) is 36.6 Å². The third-order valence-corrected chi connectivity index (χ3v) is 5.28. The maximum absolute atomic E-state index is 5.29. The number of rotatable bonds is 7. The highest BCUT2D eigenvalue weighted by molar-refractivity contribution is 5.59. The van der Waals surface area contributed by atoms with Gasteiger partial charge in [0.1, 0.15) is 5.75 Å². The molecule has 146 valence electrons. The van der Waals surface area contributed by atoms with Crippen molar-refractivity contribution in [3.05, 3.63) is 48.9 Å². The highest BCUT2D eigenvalue weighted by Gasteiger charge is 2.20. The predicted octanol–water partition coefficient (Wildman–Crippen LogP) is 3.23. The Balaban J connectivity index is 1.43. The van der Waals surface area contributed by atoms with Crippen molar-refractivity contribution < 1.29 is 4.74 Å². The number of hydrogen-bond acceptors (Lipinski definition) is 6. The second-order valence-electron chi connectivity index (χ2n) is 7.13. The Bertz CT molecular complexity index is 925. The molecule has 1 aliphatic rings. The topological polar surface area (TPSA) is 68.1 Å². The fourth-order valence-corrected chi connectivity index (χ4v) is 3.65. The van der Waals surface area contributed by atoms with E-state index in [0.29, 0.717) is 12.0 Å². The Labute approximate surface area is 165 Å². The first kappa shape index (κ1) is 18.4. The molecule has 7 nitrogen and oxygen atoms in total. The maximum Gasteiger partial charge on any atom is 0.223 e. The zero-order valence-electron chi connectivity index (χ0n) is 16.4. The van der Waals surface area contributed by atoms with E-state index in [0.717, 1.165) is 35.7 Å². The minimum Gasteiger partial charge on any atom is -0.497 e. The minimum atomic E-state index is 0.660. The summed E-state index contributed by atoms with van der Waals surface area (Å²) in [6.45, 7) is 2.08. The summed E-state index contributed by atoms with van der Waals surface area (Å²) < 4.78 is 7.11. The Morgan fingerprint density at radius 2 is 2.21 bits per heavy atom. The number of benzene rings is 1.